The summed E-state index contributed by atoms with van der Waals surface area (Å²) < 4.78 is 7.46. The van der Waals surface area contributed by atoms with Crippen molar-refractivity contribution >= 4 is 18.4 Å². The van der Waals surface area contributed by atoms with E-state index in [1.165, 1.54) is 0 Å². The Morgan fingerprint density at radius 2 is 2.33 bits per heavy atom. The maximum Gasteiger partial charge on any atom is 0.185 e. The summed E-state index contributed by atoms with van der Waals surface area (Å²) in [6.45, 7) is 0.439. The highest BCUT2D eigenvalue weighted by Crippen LogP contribution is 1.96. The van der Waals surface area contributed by atoms with Crippen molar-refractivity contribution in [2.24, 2.45) is 5.73 Å². The third-order valence-corrected chi connectivity index (χ3v) is 1.24. The predicted molar refractivity (Wildman–Crippen MR) is 52.4 cm³/mol. The molecule has 0 saturated carbocycles. The number of nitrogens with two attached hydrogens (primary N) is 1. The van der Waals surface area contributed by atoms with Gasteiger partial charge in [0.05, 0.1) is 1.37 Å². The van der Waals surface area contributed by atoms with E-state index in [1.807, 2.05) is 12.1 Å². The van der Waals surface area contributed by atoms with Crippen LogP contribution in [0.5, 0.6) is 0 Å². The zero-order chi connectivity index (χ0) is 8.97. The minimum absolute atomic E-state index is 0. The van der Waals surface area contributed by atoms with Gasteiger partial charge >= 0.3 is 0 Å². The molecule has 0 bridgehead atoms. The van der Waals surface area contributed by atoms with Gasteiger partial charge in [0.15, 0.2) is 5.96 Å². The molecule has 1 aromatic rings. The van der Waals surface area contributed by atoms with E-state index in [0.717, 1.165) is 5.56 Å². The molecule has 0 amide bonds. The van der Waals surface area contributed by atoms with Gasteiger partial charge in [-0.1, -0.05) is 30.3 Å². The summed E-state index contributed by atoms with van der Waals surface area (Å²) in [4.78, 5) is 0. The predicted octanol–water partition coefficient (Wildman–Crippen LogP) is 1.09. The van der Waals surface area contributed by atoms with Gasteiger partial charge in [-0.3, -0.25) is 5.41 Å². The first-order valence-corrected chi connectivity index (χ1v) is 3.32. The second kappa shape index (κ2) is 5.43. The number of hydrogen-bond donors (Lipinski definition) is 3. The van der Waals surface area contributed by atoms with Gasteiger partial charge in [0.25, 0.3) is 0 Å². The van der Waals surface area contributed by atoms with Crippen LogP contribution in [0.3, 0.4) is 0 Å². The molecule has 1 aromatic carbocycles. The first-order chi connectivity index (χ1) is 5.70. The summed E-state index contributed by atoms with van der Waals surface area (Å²) in [6.07, 6.45) is 0. The van der Waals surface area contributed by atoms with E-state index >= 15 is 0 Å². The van der Waals surface area contributed by atoms with Gasteiger partial charge in [-0.15, -0.1) is 12.4 Å². The SMILES string of the molecule is Cl.[2H]c1ccccc1CNC(=N)N. The standard InChI is InChI=1S/C8H11N3.ClH/c9-8(10)11-6-7-4-2-1-3-5-7;/h1-5H,6H2,(H4,9,10,11);1H/i4D;. The van der Waals surface area contributed by atoms with Gasteiger partial charge in [-0.05, 0) is 5.56 Å². The second-order valence-corrected chi connectivity index (χ2v) is 2.16. The van der Waals surface area contributed by atoms with Crippen molar-refractivity contribution in [2.45, 2.75) is 6.54 Å². The molecule has 4 heteroatoms. The normalized spacial score (nSPS) is 9.50. The number of halogens is 1. The summed E-state index contributed by atoms with van der Waals surface area (Å²) in [6, 6.07) is 7.66. The molecule has 0 radical (unpaired) electrons. The fraction of sp³-hybridized carbons (Fsp3) is 0.125. The fourth-order valence-electron chi connectivity index (χ4n) is 0.731. The average molecular weight is 187 g/mol. The first kappa shape index (κ1) is 8.87. The van der Waals surface area contributed by atoms with Gasteiger partial charge < -0.3 is 11.1 Å². The minimum Gasteiger partial charge on any atom is -0.370 e. The maximum absolute atomic E-state index is 7.46. The molecule has 0 aliphatic carbocycles. The Kier molecular flexibility index (Phi) is 4.02. The van der Waals surface area contributed by atoms with E-state index in [-0.39, 0.29) is 18.4 Å². The van der Waals surface area contributed by atoms with Crippen molar-refractivity contribution in [1.82, 2.24) is 5.32 Å². The molecule has 0 unspecified atom stereocenters. The van der Waals surface area contributed by atoms with Gasteiger partial charge in [-0.2, -0.15) is 0 Å². The van der Waals surface area contributed by atoms with Crippen LogP contribution in [-0.2, 0) is 6.54 Å². The highest BCUT2D eigenvalue weighted by atomic mass is 35.5. The Morgan fingerprint density at radius 3 is 2.92 bits per heavy atom. The molecule has 4 N–H and O–H groups in total. The summed E-state index contributed by atoms with van der Waals surface area (Å²) >= 11 is 0. The molecule has 12 heavy (non-hydrogen) atoms. The molecule has 3 nitrogen and oxygen atoms in total. The molecule has 0 aliphatic rings. The average Bonchev–Trinajstić information content (AvgIpc) is 2.03. The minimum atomic E-state index is -0.0711. The van der Waals surface area contributed by atoms with Crippen LogP contribution in [0, 0.1) is 5.41 Å². The van der Waals surface area contributed by atoms with Crippen LogP contribution in [0.2, 0.25) is 0 Å². The quantitative estimate of drug-likeness (QED) is 0.479. The van der Waals surface area contributed by atoms with Crippen molar-refractivity contribution in [1.29, 1.82) is 5.41 Å². The second-order valence-electron chi connectivity index (χ2n) is 2.16. The van der Waals surface area contributed by atoms with E-state index in [1.54, 1.807) is 12.1 Å². The fourth-order valence-corrected chi connectivity index (χ4v) is 0.731. The third-order valence-electron chi connectivity index (χ3n) is 1.24. The highest BCUT2D eigenvalue weighted by molar-refractivity contribution is 5.85. The lowest BCUT2D eigenvalue weighted by atomic mass is 10.2. The monoisotopic (exact) mass is 186 g/mol. The molecule has 0 saturated heterocycles. The molecule has 0 aromatic heterocycles. The molecule has 0 atom stereocenters. The van der Waals surface area contributed by atoms with Gasteiger partial charge in [-0.25, -0.2) is 0 Å². The number of rotatable bonds is 2. The lowest BCUT2D eigenvalue weighted by Gasteiger charge is -2.01. The molecule has 66 valence electrons. The first-order valence-electron chi connectivity index (χ1n) is 3.82. The molecule has 0 heterocycles. The molecule has 1 rings (SSSR count). The van der Waals surface area contributed by atoms with E-state index < -0.39 is 0 Å². The van der Waals surface area contributed by atoms with E-state index in [0.29, 0.717) is 12.6 Å². The number of benzene rings is 1. The van der Waals surface area contributed by atoms with E-state index in [9.17, 15) is 0 Å². The van der Waals surface area contributed by atoms with Crippen LogP contribution >= 0.6 is 12.4 Å². The molecular formula is C8H12ClN3. The van der Waals surface area contributed by atoms with Crippen LogP contribution in [0.25, 0.3) is 0 Å². The largest absolute Gasteiger partial charge is 0.370 e. The van der Waals surface area contributed by atoms with Gasteiger partial charge in [0.1, 0.15) is 0 Å². The van der Waals surface area contributed by atoms with Crippen molar-refractivity contribution in [2.75, 3.05) is 0 Å². The van der Waals surface area contributed by atoms with Crippen LogP contribution in [0.15, 0.2) is 30.3 Å². The van der Waals surface area contributed by atoms with E-state index in [4.69, 9.17) is 12.5 Å². The Bertz CT molecular complexity index is 290. The van der Waals surface area contributed by atoms with Gasteiger partial charge in [0.2, 0.25) is 0 Å². The summed E-state index contributed by atoms with van der Waals surface area (Å²) in [5.74, 6) is -0.0711. The van der Waals surface area contributed by atoms with Crippen molar-refractivity contribution in [3.8, 4) is 0 Å². The van der Waals surface area contributed by atoms with Crippen molar-refractivity contribution in [3.05, 3.63) is 35.9 Å². The van der Waals surface area contributed by atoms with Crippen LogP contribution in [0.1, 0.15) is 6.93 Å². The zero-order valence-electron chi connectivity index (χ0n) is 7.50. The van der Waals surface area contributed by atoms with Crippen molar-refractivity contribution in [3.63, 3.8) is 0 Å². The topological polar surface area (TPSA) is 61.9 Å². The van der Waals surface area contributed by atoms with Crippen LogP contribution in [0.4, 0.5) is 0 Å². The lowest BCUT2D eigenvalue weighted by Crippen LogP contribution is -2.29. The van der Waals surface area contributed by atoms with Crippen LogP contribution < -0.4 is 11.1 Å². The third kappa shape index (κ3) is 3.83. The van der Waals surface area contributed by atoms with E-state index in [2.05, 4.69) is 5.32 Å². The summed E-state index contributed by atoms with van der Waals surface area (Å²) in [5, 5.41) is 9.56. The van der Waals surface area contributed by atoms with Gasteiger partial charge in [0, 0.05) is 6.54 Å². The lowest BCUT2D eigenvalue weighted by molar-refractivity contribution is 0.897. The number of nitrogens with one attached hydrogen (secondary N) is 2. The molecular weight excluding hydrogens is 174 g/mol. The zero-order valence-corrected chi connectivity index (χ0v) is 7.32. The number of hydrogen-bond acceptors (Lipinski definition) is 1. The Balaban J connectivity index is 0.00000144. The summed E-state index contributed by atoms with van der Waals surface area (Å²) in [5.41, 5.74) is 5.94. The molecule has 0 spiro atoms. The molecule has 0 fully saturated rings. The molecule has 0 aliphatic heterocycles. The number of guanidine groups is 1. The summed E-state index contributed by atoms with van der Waals surface area (Å²) in [7, 11) is 0. The maximum atomic E-state index is 7.46. The Labute approximate surface area is 79.3 Å². The smallest absolute Gasteiger partial charge is 0.185 e. The Morgan fingerprint density at radius 1 is 1.58 bits per heavy atom. The van der Waals surface area contributed by atoms with Crippen LogP contribution in [-0.4, -0.2) is 5.96 Å². The Hall–Kier alpha value is -1.22. The highest BCUT2D eigenvalue weighted by Gasteiger charge is 1.89. The van der Waals surface area contributed by atoms with Crippen molar-refractivity contribution < 1.29 is 1.37 Å².